The lowest BCUT2D eigenvalue weighted by molar-refractivity contribution is 0.0882. The SMILES string of the molecule is [CH2]N(C(=O)OCC)C(=O)OCc1ccccc1. The average Bonchev–Trinajstić information content (AvgIpc) is 2.36. The van der Waals surface area contributed by atoms with Crippen LogP contribution in [0.25, 0.3) is 0 Å². The molecule has 0 saturated heterocycles. The lowest BCUT2D eigenvalue weighted by atomic mass is 10.2. The molecule has 5 heteroatoms. The van der Waals surface area contributed by atoms with E-state index in [4.69, 9.17) is 4.74 Å². The Morgan fingerprint density at radius 1 is 1.18 bits per heavy atom. The molecule has 5 nitrogen and oxygen atoms in total. The zero-order valence-corrected chi connectivity index (χ0v) is 9.59. The maximum Gasteiger partial charge on any atom is 0.419 e. The second-order valence-electron chi connectivity index (χ2n) is 3.17. The van der Waals surface area contributed by atoms with Gasteiger partial charge in [0.25, 0.3) is 0 Å². The maximum absolute atomic E-state index is 11.4. The van der Waals surface area contributed by atoms with Crippen molar-refractivity contribution >= 4 is 12.2 Å². The summed E-state index contributed by atoms with van der Waals surface area (Å²) in [5.74, 6) is 0. The van der Waals surface area contributed by atoms with Crippen molar-refractivity contribution in [2.45, 2.75) is 13.5 Å². The molecule has 0 N–H and O–H groups in total. The van der Waals surface area contributed by atoms with Crippen molar-refractivity contribution in [1.82, 2.24) is 4.90 Å². The van der Waals surface area contributed by atoms with Gasteiger partial charge in [0.1, 0.15) is 6.61 Å². The summed E-state index contributed by atoms with van der Waals surface area (Å²) in [6.07, 6.45) is -1.67. The highest BCUT2D eigenvalue weighted by Crippen LogP contribution is 2.03. The van der Waals surface area contributed by atoms with Crippen LogP contribution in [0, 0.1) is 7.05 Å². The topological polar surface area (TPSA) is 55.8 Å². The van der Waals surface area contributed by atoms with Gasteiger partial charge in [0.2, 0.25) is 0 Å². The number of hydrogen-bond donors (Lipinski definition) is 0. The first-order chi connectivity index (χ1) is 8.15. The minimum atomic E-state index is -0.840. The van der Waals surface area contributed by atoms with Crippen molar-refractivity contribution in [3.8, 4) is 0 Å². The van der Waals surface area contributed by atoms with Crippen molar-refractivity contribution in [3.63, 3.8) is 0 Å². The highest BCUT2D eigenvalue weighted by atomic mass is 16.6. The van der Waals surface area contributed by atoms with Gasteiger partial charge in [-0.3, -0.25) is 0 Å². The summed E-state index contributed by atoms with van der Waals surface area (Å²) < 4.78 is 9.48. The van der Waals surface area contributed by atoms with E-state index >= 15 is 0 Å². The zero-order chi connectivity index (χ0) is 12.7. The largest absolute Gasteiger partial charge is 0.449 e. The van der Waals surface area contributed by atoms with Crippen LogP contribution >= 0.6 is 0 Å². The number of amides is 2. The average molecular weight is 236 g/mol. The Kier molecular flexibility index (Phi) is 5.00. The van der Waals surface area contributed by atoms with Crippen LogP contribution in [0.2, 0.25) is 0 Å². The maximum atomic E-state index is 11.4. The molecule has 0 heterocycles. The number of hydrogen-bond acceptors (Lipinski definition) is 4. The number of benzene rings is 1. The van der Waals surface area contributed by atoms with Gasteiger partial charge in [0.15, 0.2) is 0 Å². The second kappa shape index (κ2) is 6.52. The van der Waals surface area contributed by atoms with Crippen LogP contribution in [0.3, 0.4) is 0 Å². The quantitative estimate of drug-likeness (QED) is 0.809. The summed E-state index contributed by atoms with van der Waals surface area (Å²) in [5.41, 5.74) is 0.832. The molecule has 0 aromatic heterocycles. The third kappa shape index (κ3) is 4.14. The van der Waals surface area contributed by atoms with Gasteiger partial charge in [-0.05, 0) is 12.5 Å². The van der Waals surface area contributed by atoms with Crippen molar-refractivity contribution in [2.75, 3.05) is 6.61 Å². The molecule has 0 bridgehead atoms. The van der Waals surface area contributed by atoms with Crippen LogP contribution in [0.5, 0.6) is 0 Å². The molecule has 0 spiro atoms. The fraction of sp³-hybridized carbons (Fsp3) is 0.250. The van der Waals surface area contributed by atoms with Gasteiger partial charge in [-0.1, -0.05) is 30.3 Å². The van der Waals surface area contributed by atoms with Crippen LogP contribution < -0.4 is 0 Å². The van der Waals surface area contributed by atoms with E-state index in [9.17, 15) is 9.59 Å². The first-order valence-electron chi connectivity index (χ1n) is 5.13. The minimum absolute atomic E-state index is 0.0884. The summed E-state index contributed by atoms with van der Waals surface area (Å²) >= 11 is 0. The number of nitrogens with zero attached hydrogens (tertiary/aromatic N) is 1. The zero-order valence-electron chi connectivity index (χ0n) is 9.59. The number of carbonyl (C=O) groups excluding carboxylic acids is 2. The Bertz CT molecular complexity index is 377. The summed E-state index contributed by atoms with van der Waals surface area (Å²) in [6.45, 7) is 1.91. The predicted octanol–water partition coefficient (Wildman–Crippen LogP) is 2.57. The molecule has 17 heavy (non-hydrogen) atoms. The fourth-order valence-electron chi connectivity index (χ4n) is 1.07. The molecule has 0 atom stereocenters. The van der Waals surface area contributed by atoms with Gasteiger partial charge in [-0.2, -0.15) is 0 Å². The molecule has 1 radical (unpaired) electrons. The third-order valence-electron chi connectivity index (χ3n) is 1.91. The van der Waals surface area contributed by atoms with E-state index in [0.29, 0.717) is 4.90 Å². The van der Waals surface area contributed by atoms with Gasteiger partial charge in [0, 0.05) is 0 Å². The highest BCUT2D eigenvalue weighted by molar-refractivity contribution is 5.87. The van der Waals surface area contributed by atoms with Crippen LogP contribution in [-0.4, -0.2) is 23.7 Å². The van der Waals surface area contributed by atoms with E-state index in [2.05, 4.69) is 11.8 Å². The molecule has 0 aliphatic rings. The molecule has 91 valence electrons. The van der Waals surface area contributed by atoms with E-state index in [1.165, 1.54) is 0 Å². The molecular weight excluding hydrogens is 222 g/mol. The van der Waals surface area contributed by atoms with Gasteiger partial charge >= 0.3 is 12.2 Å². The van der Waals surface area contributed by atoms with Crippen molar-refractivity contribution in [2.24, 2.45) is 0 Å². The second-order valence-corrected chi connectivity index (χ2v) is 3.17. The Morgan fingerprint density at radius 3 is 2.35 bits per heavy atom. The molecule has 0 aliphatic heterocycles. The van der Waals surface area contributed by atoms with Crippen molar-refractivity contribution in [1.29, 1.82) is 0 Å². The van der Waals surface area contributed by atoms with E-state index in [1.807, 2.05) is 30.3 Å². The molecule has 0 fully saturated rings. The van der Waals surface area contributed by atoms with Crippen LogP contribution in [0.15, 0.2) is 30.3 Å². The normalized spacial score (nSPS) is 9.53. The standard InChI is InChI=1S/C12H14NO4/c1-3-16-11(14)13(2)12(15)17-9-10-7-5-4-6-8-10/h4-8H,2-3,9H2,1H3. The molecule has 2 amide bonds. The van der Waals surface area contributed by atoms with E-state index in [0.717, 1.165) is 5.56 Å². The summed E-state index contributed by atoms with van der Waals surface area (Å²) in [4.78, 5) is 23.1. The Balaban J connectivity index is 2.42. The molecular formula is C12H14NO4. The number of carbonyl (C=O) groups is 2. The van der Waals surface area contributed by atoms with E-state index in [-0.39, 0.29) is 13.2 Å². The Hall–Kier alpha value is -2.04. The summed E-state index contributed by atoms with van der Waals surface area (Å²) in [5, 5.41) is 0. The van der Waals surface area contributed by atoms with E-state index in [1.54, 1.807) is 6.92 Å². The molecule has 1 aromatic rings. The third-order valence-corrected chi connectivity index (χ3v) is 1.91. The van der Waals surface area contributed by atoms with Crippen LogP contribution in [-0.2, 0) is 16.1 Å². The summed E-state index contributed by atoms with van der Waals surface area (Å²) in [7, 11) is 3.25. The highest BCUT2D eigenvalue weighted by Gasteiger charge is 2.19. The molecule has 0 unspecified atom stereocenters. The molecule has 0 aliphatic carbocycles. The number of ether oxygens (including phenoxy) is 2. The lowest BCUT2D eigenvalue weighted by Gasteiger charge is -2.14. The van der Waals surface area contributed by atoms with Crippen LogP contribution in [0.1, 0.15) is 12.5 Å². The fourth-order valence-corrected chi connectivity index (χ4v) is 1.07. The van der Waals surface area contributed by atoms with E-state index < -0.39 is 12.2 Å². The smallest absolute Gasteiger partial charge is 0.419 e. The van der Waals surface area contributed by atoms with Crippen LogP contribution in [0.4, 0.5) is 9.59 Å². The summed E-state index contributed by atoms with van der Waals surface area (Å²) in [6, 6.07) is 9.14. The lowest BCUT2D eigenvalue weighted by Crippen LogP contribution is -2.32. The van der Waals surface area contributed by atoms with Gasteiger partial charge in [-0.15, -0.1) is 0 Å². The van der Waals surface area contributed by atoms with Crippen molar-refractivity contribution in [3.05, 3.63) is 42.9 Å². The molecule has 1 aromatic carbocycles. The predicted molar refractivity (Wildman–Crippen MR) is 60.8 cm³/mol. The Labute approximate surface area is 99.9 Å². The van der Waals surface area contributed by atoms with Gasteiger partial charge in [-0.25, -0.2) is 14.5 Å². The van der Waals surface area contributed by atoms with Gasteiger partial charge in [0.05, 0.1) is 13.7 Å². The minimum Gasteiger partial charge on any atom is -0.449 e. The number of rotatable bonds is 3. The van der Waals surface area contributed by atoms with Gasteiger partial charge < -0.3 is 9.47 Å². The monoisotopic (exact) mass is 236 g/mol. The Morgan fingerprint density at radius 2 is 1.76 bits per heavy atom. The molecule has 0 saturated carbocycles. The molecule has 1 rings (SSSR count). The number of imide groups is 1. The first kappa shape index (κ1) is 13.0. The first-order valence-corrected chi connectivity index (χ1v) is 5.13. The van der Waals surface area contributed by atoms with Crippen molar-refractivity contribution < 1.29 is 19.1 Å².